The number of aryl methyl sites for hydroxylation is 1. The zero-order chi connectivity index (χ0) is 30.7. The maximum Gasteiger partial charge on any atom is 0.415 e. The van der Waals surface area contributed by atoms with Gasteiger partial charge in [0, 0.05) is 32.1 Å². The van der Waals surface area contributed by atoms with E-state index in [4.69, 9.17) is 9.47 Å². The third-order valence-corrected chi connectivity index (χ3v) is 10.2. The number of piperidine rings is 1. The first-order valence-corrected chi connectivity index (χ1v) is 17.1. The predicted molar refractivity (Wildman–Crippen MR) is 171 cm³/mol. The molecule has 0 bridgehead atoms. The lowest BCUT2D eigenvalue weighted by atomic mass is 9.82. The van der Waals surface area contributed by atoms with Crippen molar-refractivity contribution in [1.82, 2.24) is 9.88 Å². The Labute approximate surface area is 259 Å². The van der Waals surface area contributed by atoms with Gasteiger partial charge in [-0.2, -0.15) is 0 Å². The van der Waals surface area contributed by atoms with Crippen LogP contribution in [0.5, 0.6) is 11.5 Å². The van der Waals surface area contributed by atoms with Crippen LogP contribution >= 0.6 is 0 Å². The van der Waals surface area contributed by atoms with E-state index in [1.165, 1.54) is 11.1 Å². The Balaban J connectivity index is 1.04. The number of fused-ring (bicyclic) bond motifs is 1. The van der Waals surface area contributed by atoms with Crippen LogP contribution in [0, 0.1) is 0 Å². The molecule has 6 rings (SSSR count). The Morgan fingerprint density at radius 2 is 1.64 bits per heavy atom. The van der Waals surface area contributed by atoms with Crippen molar-refractivity contribution in [3.05, 3.63) is 114 Å². The van der Waals surface area contributed by atoms with Gasteiger partial charge in [-0.05, 0) is 83.0 Å². The summed E-state index contributed by atoms with van der Waals surface area (Å²) in [6.45, 7) is 5.47. The van der Waals surface area contributed by atoms with Gasteiger partial charge in [-0.25, -0.2) is 13.2 Å². The fraction of sp³-hybridized carbons (Fsp3) is 0.333. The van der Waals surface area contributed by atoms with Crippen LogP contribution < -0.4 is 9.47 Å². The van der Waals surface area contributed by atoms with E-state index in [0.29, 0.717) is 30.5 Å². The second kappa shape index (κ2) is 12.4. The molecule has 0 N–H and O–H groups in total. The Hall–Kier alpha value is -4.17. The third-order valence-electron chi connectivity index (χ3n) is 8.69. The molecule has 1 spiro atoms. The lowest BCUT2D eigenvalue weighted by Gasteiger charge is -2.44. The maximum atomic E-state index is 12.8. The maximum absolute atomic E-state index is 12.8. The van der Waals surface area contributed by atoms with Crippen molar-refractivity contribution >= 4 is 15.9 Å². The molecule has 4 aromatic rings. The van der Waals surface area contributed by atoms with E-state index in [2.05, 4.69) is 31.0 Å². The smallest absolute Gasteiger partial charge is 0.415 e. The van der Waals surface area contributed by atoms with Gasteiger partial charge in [0.05, 0.1) is 17.2 Å². The average Bonchev–Trinajstić information content (AvgIpc) is 3.02. The number of aromatic nitrogens is 1. The van der Waals surface area contributed by atoms with Crippen molar-refractivity contribution in [2.24, 2.45) is 0 Å². The first-order valence-electron chi connectivity index (χ1n) is 15.3. The van der Waals surface area contributed by atoms with E-state index >= 15 is 0 Å². The molecule has 0 unspecified atom stereocenters. The predicted octanol–water partition coefficient (Wildman–Crippen LogP) is 7.35. The minimum atomic E-state index is -3.33. The summed E-state index contributed by atoms with van der Waals surface area (Å²) < 4.78 is 37.6. The molecule has 0 saturated carbocycles. The molecule has 2 aliphatic rings. The standard InChI is InChI=1S/C36H38N2O5S/c1-26(2)28-10-13-33(14-11-28)42-35(39)38-21-18-36(19-22-38)17-16-31-23-30(12-15-34(31)43-36)29-8-6-27(7-9-29)24-44(40,41)25-32-5-3-4-20-37-32/h3-15,20,23,26H,16-19,21-22,24-25H2,1-2H3. The number of pyridine rings is 1. The van der Waals surface area contributed by atoms with Crippen molar-refractivity contribution in [2.75, 3.05) is 13.1 Å². The molecular weight excluding hydrogens is 572 g/mol. The zero-order valence-corrected chi connectivity index (χ0v) is 26.1. The fourth-order valence-electron chi connectivity index (χ4n) is 6.04. The molecule has 8 heteroatoms. The van der Waals surface area contributed by atoms with E-state index in [-0.39, 0.29) is 23.2 Å². The van der Waals surface area contributed by atoms with E-state index in [0.717, 1.165) is 48.1 Å². The van der Waals surface area contributed by atoms with Crippen molar-refractivity contribution in [3.63, 3.8) is 0 Å². The molecule has 228 valence electrons. The van der Waals surface area contributed by atoms with Crippen LogP contribution in [0.2, 0.25) is 0 Å². The monoisotopic (exact) mass is 610 g/mol. The Bertz CT molecular complexity index is 1710. The van der Waals surface area contributed by atoms with Crippen molar-refractivity contribution in [2.45, 2.75) is 62.6 Å². The van der Waals surface area contributed by atoms with Crippen molar-refractivity contribution in [1.29, 1.82) is 0 Å². The van der Waals surface area contributed by atoms with Gasteiger partial charge >= 0.3 is 6.09 Å². The van der Waals surface area contributed by atoms with E-state index < -0.39 is 9.84 Å². The minimum absolute atomic E-state index is 0.0233. The fourth-order valence-corrected chi connectivity index (χ4v) is 7.47. The summed E-state index contributed by atoms with van der Waals surface area (Å²) in [6, 6.07) is 27.0. The van der Waals surface area contributed by atoms with Gasteiger partial charge in [0.25, 0.3) is 0 Å². The Morgan fingerprint density at radius 1 is 0.909 bits per heavy atom. The number of sulfone groups is 1. The molecule has 1 aromatic heterocycles. The van der Waals surface area contributed by atoms with Crippen LogP contribution in [-0.4, -0.2) is 43.1 Å². The summed E-state index contributed by atoms with van der Waals surface area (Å²) in [7, 11) is -3.33. The number of hydrogen-bond donors (Lipinski definition) is 0. The molecule has 3 aromatic carbocycles. The highest BCUT2D eigenvalue weighted by Gasteiger charge is 2.41. The lowest BCUT2D eigenvalue weighted by molar-refractivity contribution is -0.00948. The molecule has 0 aliphatic carbocycles. The number of rotatable bonds is 7. The molecule has 1 fully saturated rings. The van der Waals surface area contributed by atoms with E-state index in [1.54, 1.807) is 29.3 Å². The van der Waals surface area contributed by atoms with Gasteiger partial charge in [0.2, 0.25) is 0 Å². The van der Waals surface area contributed by atoms with Gasteiger partial charge in [0.15, 0.2) is 9.84 Å². The van der Waals surface area contributed by atoms with Crippen LogP contribution in [0.4, 0.5) is 4.79 Å². The summed E-state index contributed by atoms with van der Waals surface area (Å²) in [4.78, 5) is 18.7. The minimum Gasteiger partial charge on any atom is -0.487 e. The van der Waals surface area contributed by atoms with Gasteiger partial charge in [-0.3, -0.25) is 4.98 Å². The van der Waals surface area contributed by atoms with Crippen molar-refractivity contribution in [3.8, 4) is 22.6 Å². The molecule has 1 amide bonds. The summed E-state index contributed by atoms with van der Waals surface area (Å²) in [5, 5.41) is 0. The molecule has 1 saturated heterocycles. The molecular formula is C36H38N2O5S. The number of likely N-dealkylation sites (tertiary alicyclic amines) is 1. The Kier molecular flexibility index (Phi) is 8.45. The quantitative estimate of drug-likeness (QED) is 0.218. The lowest BCUT2D eigenvalue weighted by Crippen LogP contribution is -2.51. The highest BCUT2D eigenvalue weighted by atomic mass is 32.2. The second-order valence-corrected chi connectivity index (χ2v) is 14.3. The van der Waals surface area contributed by atoms with Gasteiger partial charge < -0.3 is 14.4 Å². The normalized spacial score (nSPS) is 15.9. The number of benzene rings is 3. The summed E-state index contributed by atoms with van der Waals surface area (Å²) >= 11 is 0. The molecule has 0 atom stereocenters. The largest absolute Gasteiger partial charge is 0.487 e. The number of ether oxygens (including phenoxy) is 2. The van der Waals surface area contributed by atoms with Crippen LogP contribution in [0.3, 0.4) is 0 Å². The number of carbonyl (C=O) groups excluding carboxylic acids is 1. The first-order chi connectivity index (χ1) is 21.2. The highest BCUT2D eigenvalue weighted by molar-refractivity contribution is 7.89. The van der Waals surface area contributed by atoms with E-state index in [9.17, 15) is 13.2 Å². The van der Waals surface area contributed by atoms with Gasteiger partial charge in [-0.15, -0.1) is 0 Å². The zero-order valence-electron chi connectivity index (χ0n) is 25.2. The summed E-state index contributed by atoms with van der Waals surface area (Å²) in [6.07, 6.45) is 4.63. The number of carbonyl (C=O) groups is 1. The first kappa shape index (κ1) is 29.9. The topological polar surface area (TPSA) is 85.8 Å². The molecule has 2 aliphatic heterocycles. The number of amides is 1. The van der Waals surface area contributed by atoms with E-state index in [1.807, 2.05) is 54.6 Å². The average molecular weight is 611 g/mol. The van der Waals surface area contributed by atoms with Gasteiger partial charge in [0.1, 0.15) is 17.1 Å². The summed E-state index contributed by atoms with van der Waals surface area (Å²) in [5.74, 6) is 1.80. The SMILES string of the molecule is CC(C)c1ccc(OC(=O)N2CCC3(CCc4cc(-c5ccc(CS(=O)(=O)Cc6ccccn6)cc5)ccc4O3)CC2)cc1. The molecule has 3 heterocycles. The second-order valence-electron chi connectivity index (χ2n) is 12.2. The summed E-state index contributed by atoms with van der Waals surface area (Å²) in [5.41, 5.74) is 5.53. The molecule has 7 nitrogen and oxygen atoms in total. The van der Waals surface area contributed by atoms with Crippen LogP contribution in [-0.2, 0) is 27.8 Å². The van der Waals surface area contributed by atoms with Crippen LogP contribution in [0.15, 0.2) is 91.1 Å². The molecule has 0 radical (unpaired) electrons. The van der Waals surface area contributed by atoms with Crippen LogP contribution in [0.1, 0.15) is 61.4 Å². The van der Waals surface area contributed by atoms with Crippen molar-refractivity contribution < 1.29 is 22.7 Å². The van der Waals surface area contributed by atoms with Crippen LogP contribution in [0.25, 0.3) is 11.1 Å². The van der Waals surface area contributed by atoms with Gasteiger partial charge in [-0.1, -0.05) is 62.4 Å². The number of hydrogen-bond acceptors (Lipinski definition) is 6. The third kappa shape index (κ3) is 6.97. The molecule has 44 heavy (non-hydrogen) atoms. The highest BCUT2D eigenvalue weighted by Crippen LogP contribution is 2.41. The Morgan fingerprint density at radius 3 is 2.32 bits per heavy atom. The number of nitrogens with zero attached hydrogens (tertiary/aromatic N) is 2.